The van der Waals surface area contributed by atoms with Crippen LogP contribution in [0, 0.1) is 11.8 Å². The van der Waals surface area contributed by atoms with Gasteiger partial charge < -0.3 is 40.5 Å². The van der Waals surface area contributed by atoms with Crippen molar-refractivity contribution < 1.29 is 19.1 Å². The van der Waals surface area contributed by atoms with Gasteiger partial charge in [0.25, 0.3) is 0 Å². The molecule has 0 spiro atoms. The van der Waals surface area contributed by atoms with Crippen molar-refractivity contribution >= 4 is 30.0 Å². The van der Waals surface area contributed by atoms with E-state index in [1.165, 1.54) is 32.1 Å². The molecule has 0 atom stereocenters. The van der Waals surface area contributed by atoms with Crippen LogP contribution in [0.5, 0.6) is 0 Å². The van der Waals surface area contributed by atoms with E-state index in [4.69, 9.17) is 15.2 Å². The maximum atomic E-state index is 13.0. The predicted molar refractivity (Wildman–Crippen MR) is 196 cm³/mol. The van der Waals surface area contributed by atoms with Crippen molar-refractivity contribution in [1.29, 1.82) is 0 Å². The summed E-state index contributed by atoms with van der Waals surface area (Å²) < 4.78 is 11.3. The van der Waals surface area contributed by atoms with Crippen LogP contribution in [0.4, 0.5) is 27.4 Å². The average Bonchev–Trinajstić information content (AvgIpc) is 3.11. The average molecular weight is 694 g/mol. The predicted octanol–water partition coefficient (Wildman–Crippen LogP) is 5.68. The number of nitrogens with zero attached hydrogens (tertiary/aromatic N) is 6. The van der Waals surface area contributed by atoms with Gasteiger partial charge >= 0.3 is 12.2 Å². The number of piperazine rings is 1. The van der Waals surface area contributed by atoms with Crippen LogP contribution in [0.15, 0.2) is 30.3 Å². The molecule has 2 saturated carbocycles. The second kappa shape index (κ2) is 18.4. The molecule has 2 amide bonds. The van der Waals surface area contributed by atoms with Gasteiger partial charge in [-0.1, -0.05) is 49.6 Å². The summed E-state index contributed by atoms with van der Waals surface area (Å²) in [5.41, 5.74) is 6.57. The van der Waals surface area contributed by atoms with Gasteiger partial charge in [-0.15, -0.1) is 0 Å². The molecule has 0 radical (unpaired) electrons. The largest absolute Gasteiger partial charge is 0.445 e. The molecule has 1 saturated heterocycles. The molecule has 2 heterocycles. The van der Waals surface area contributed by atoms with Crippen molar-refractivity contribution in [2.24, 2.45) is 11.8 Å². The Morgan fingerprint density at radius 1 is 0.900 bits per heavy atom. The lowest BCUT2D eigenvalue weighted by atomic mass is 9.82. The molecular formula is C37H59N9O4. The molecule has 2 aliphatic carbocycles. The van der Waals surface area contributed by atoms with Crippen molar-refractivity contribution in [3.8, 4) is 0 Å². The summed E-state index contributed by atoms with van der Waals surface area (Å²) in [7, 11) is 0. The molecule has 276 valence electrons. The normalized spacial score (nSPS) is 20.3. The van der Waals surface area contributed by atoms with Crippen molar-refractivity contribution in [1.82, 2.24) is 30.1 Å². The Labute approximate surface area is 298 Å². The molecule has 13 heteroatoms. The van der Waals surface area contributed by atoms with E-state index >= 15 is 0 Å². The van der Waals surface area contributed by atoms with E-state index in [1.807, 2.05) is 60.9 Å². The van der Waals surface area contributed by atoms with E-state index in [9.17, 15) is 9.59 Å². The summed E-state index contributed by atoms with van der Waals surface area (Å²) in [5.74, 6) is 2.43. The van der Waals surface area contributed by atoms with Gasteiger partial charge in [-0.3, -0.25) is 0 Å². The number of carbonyl (C=O) groups excluding carboxylic acids is 2. The number of hydrogen-bond acceptors (Lipinski definition) is 11. The SMILES string of the molecule is CC(C)(C)OC(=O)N(CCCNCC1CCC(CNc2nc(N)nc(N3CCN(C(=O)OCc4ccccc4)CC3)n2)CC1)C1CCCCC1. The molecule has 1 aliphatic heterocycles. The Balaban J connectivity index is 0.974. The summed E-state index contributed by atoms with van der Waals surface area (Å²) in [5, 5.41) is 7.09. The van der Waals surface area contributed by atoms with Gasteiger partial charge in [0, 0.05) is 45.3 Å². The molecular weight excluding hydrogens is 634 g/mol. The summed E-state index contributed by atoms with van der Waals surface area (Å²) in [6, 6.07) is 9.99. The lowest BCUT2D eigenvalue weighted by Crippen LogP contribution is -2.49. The highest BCUT2D eigenvalue weighted by atomic mass is 16.6. The molecule has 3 fully saturated rings. The van der Waals surface area contributed by atoms with Gasteiger partial charge in [-0.2, -0.15) is 15.0 Å². The van der Waals surface area contributed by atoms with E-state index in [0.717, 1.165) is 63.8 Å². The molecule has 0 unspecified atom stereocenters. The number of carbonyl (C=O) groups is 2. The number of nitrogens with two attached hydrogens (primary N) is 1. The smallest absolute Gasteiger partial charge is 0.410 e. The number of anilines is 3. The minimum atomic E-state index is -0.475. The Morgan fingerprint density at radius 3 is 2.26 bits per heavy atom. The summed E-state index contributed by atoms with van der Waals surface area (Å²) in [4.78, 5) is 44.7. The second-order valence-corrected chi connectivity index (χ2v) is 15.1. The second-order valence-electron chi connectivity index (χ2n) is 15.1. The fourth-order valence-electron chi connectivity index (χ4n) is 7.19. The van der Waals surface area contributed by atoms with Crippen LogP contribution < -0.4 is 21.3 Å². The number of ether oxygens (including phenoxy) is 2. The number of nitrogens with one attached hydrogen (secondary N) is 2. The van der Waals surface area contributed by atoms with E-state index in [1.54, 1.807) is 4.90 Å². The fraction of sp³-hybridized carbons (Fsp3) is 0.703. The van der Waals surface area contributed by atoms with Gasteiger partial charge in [-0.25, -0.2) is 9.59 Å². The number of aromatic nitrogens is 3. The molecule has 2 aromatic rings. The van der Waals surface area contributed by atoms with Gasteiger partial charge in [-0.05, 0) is 96.2 Å². The Hall–Kier alpha value is -3.87. The maximum Gasteiger partial charge on any atom is 0.410 e. The first kappa shape index (κ1) is 37.4. The number of benzene rings is 1. The van der Waals surface area contributed by atoms with E-state index < -0.39 is 5.60 Å². The molecule has 1 aromatic carbocycles. The zero-order valence-electron chi connectivity index (χ0n) is 30.4. The van der Waals surface area contributed by atoms with Gasteiger partial charge in [0.2, 0.25) is 17.8 Å². The highest BCUT2D eigenvalue weighted by molar-refractivity contribution is 5.69. The van der Waals surface area contributed by atoms with Crippen molar-refractivity contribution in [3.63, 3.8) is 0 Å². The fourth-order valence-corrected chi connectivity index (χ4v) is 7.19. The van der Waals surface area contributed by atoms with Crippen LogP contribution in [0.3, 0.4) is 0 Å². The standard InChI is InChI=1S/C37H59N9O4/c1-37(2,3)50-36(48)46(31-13-8-5-9-14-31)20-10-19-39-25-28-15-17-29(18-16-28)26-40-33-41-32(38)42-34(43-33)44-21-23-45(24-22-44)35(47)49-27-30-11-6-4-7-12-30/h4,6-7,11-12,28-29,31,39H,5,8-10,13-27H2,1-3H3,(H3,38,40,41,42,43). The molecule has 5 rings (SSSR count). The number of hydrogen-bond donors (Lipinski definition) is 3. The third kappa shape index (κ3) is 11.9. The minimum Gasteiger partial charge on any atom is -0.445 e. The van der Waals surface area contributed by atoms with Crippen molar-refractivity contribution in [2.45, 2.75) is 103 Å². The minimum absolute atomic E-state index is 0.163. The highest BCUT2D eigenvalue weighted by Crippen LogP contribution is 2.29. The van der Waals surface area contributed by atoms with Crippen molar-refractivity contribution in [3.05, 3.63) is 35.9 Å². The molecule has 3 aliphatic rings. The van der Waals surface area contributed by atoms with Crippen molar-refractivity contribution in [2.75, 3.05) is 68.3 Å². The zero-order valence-corrected chi connectivity index (χ0v) is 30.4. The topological polar surface area (TPSA) is 151 Å². The zero-order chi connectivity index (χ0) is 35.3. The highest BCUT2D eigenvalue weighted by Gasteiger charge is 2.29. The Kier molecular flexibility index (Phi) is 13.8. The van der Waals surface area contributed by atoms with E-state index in [2.05, 4.69) is 25.6 Å². The van der Waals surface area contributed by atoms with Crippen LogP contribution in [0.25, 0.3) is 0 Å². The molecule has 4 N–H and O–H groups in total. The number of nitrogen functional groups attached to an aromatic ring is 1. The molecule has 0 bridgehead atoms. The molecule has 13 nitrogen and oxygen atoms in total. The summed E-state index contributed by atoms with van der Waals surface area (Å²) >= 11 is 0. The summed E-state index contributed by atoms with van der Waals surface area (Å²) in [6.45, 7) is 11.8. The third-order valence-corrected chi connectivity index (χ3v) is 10.0. The van der Waals surface area contributed by atoms with Gasteiger partial charge in [0.05, 0.1) is 0 Å². The third-order valence-electron chi connectivity index (χ3n) is 10.0. The summed E-state index contributed by atoms with van der Waals surface area (Å²) in [6.07, 6.45) is 11.0. The van der Waals surface area contributed by atoms with Crippen LogP contribution in [0.1, 0.15) is 90.5 Å². The van der Waals surface area contributed by atoms with Crippen LogP contribution >= 0.6 is 0 Å². The first-order chi connectivity index (χ1) is 24.1. The first-order valence-corrected chi connectivity index (χ1v) is 18.8. The molecule has 50 heavy (non-hydrogen) atoms. The van der Waals surface area contributed by atoms with E-state index in [0.29, 0.717) is 56.0 Å². The number of amides is 2. The van der Waals surface area contributed by atoms with E-state index in [-0.39, 0.29) is 24.7 Å². The monoisotopic (exact) mass is 693 g/mol. The van der Waals surface area contributed by atoms with Crippen LogP contribution in [-0.2, 0) is 16.1 Å². The lowest BCUT2D eigenvalue weighted by Gasteiger charge is -2.35. The maximum absolute atomic E-state index is 13.0. The Morgan fingerprint density at radius 2 is 1.58 bits per heavy atom. The first-order valence-electron chi connectivity index (χ1n) is 18.8. The van der Waals surface area contributed by atoms with Gasteiger partial charge in [0.15, 0.2) is 0 Å². The van der Waals surface area contributed by atoms with Gasteiger partial charge in [0.1, 0.15) is 12.2 Å². The van der Waals surface area contributed by atoms with Crippen LogP contribution in [-0.4, -0.2) is 101 Å². The van der Waals surface area contributed by atoms with Crippen LogP contribution in [0.2, 0.25) is 0 Å². The molecule has 1 aromatic heterocycles. The quantitative estimate of drug-likeness (QED) is 0.222. The lowest BCUT2D eigenvalue weighted by molar-refractivity contribution is 0.0119. The Bertz CT molecular complexity index is 1340. The number of rotatable bonds is 13.